The second-order valence-corrected chi connectivity index (χ2v) is 9.40. The van der Waals surface area contributed by atoms with Crippen LogP contribution in [0.2, 0.25) is 0 Å². The minimum Gasteiger partial charge on any atom is -0.478 e. The Morgan fingerprint density at radius 2 is 1.60 bits per heavy atom. The van der Waals surface area contributed by atoms with Gasteiger partial charge in [-0.3, -0.25) is 4.79 Å². The predicted octanol–water partition coefficient (Wildman–Crippen LogP) is 4.72. The molecule has 1 aliphatic rings. The number of carbonyl (C=O) groups is 3. The molecule has 2 aromatic rings. The van der Waals surface area contributed by atoms with Crippen LogP contribution in [0.1, 0.15) is 50.7 Å². The van der Waals surface area contributed by atoms with Crippen molar-refractivity contribution in [2.75, 3.05) is 19.7 Å². The normalized spacial score (nSPS) is 13.7. The van der Waals surface area contributed by atoms with E-state index >= 15 is 0 Å². The van der Waals surface area contributed by atoms with Gasteiger partial charge in [-0.15, -0.1) is 0 Å². The number of nitrogens with one attached hydrogen (secondary N) is 2. The van der Waals surface area contributed by atoms with Gasteiger partial charge in [-0.2, -0.15) is 0 Å². The van der Waals surface area contributed by atoms with Crippen LogP contribution < -0.4 is 10.6 Å². The molecule has 0 fully saturated rings. The highest BCUT2D eigenvalue weighted by Gasteiger charge is 2.29. The summed E-state index contributed by atoms with van der Waals surface area (Å²) in [7, 11) is 0. The molecule has 2 amide bonds. The molecule has 0 heterocycles. The molecule has 1 unspecified atom stereocenters. The SMILES string of the molecule is C/C(=C/CNC(=O)CC(CNC(=O)OCC1c2ccccc2-c2ccccc21)CC(C)C)C(=O)O. The molecule has 35 heavy (non-hydrogen) atoms. The van der Waals surface area contributed by atoms with Crippen LogP contribution in [0.4, 0.5) is 4.79 Å². The van der Waals surface area contributed by atoms with Crippen molar-refractivity contribution in [3.8, 4) is 11.1 Å². The molecule has 2 aromatic carbocycles. The molecule has 0 spiro atoms. The Bertz CT molecular complexity index is 1050. The number of carboxylic acid groups (broad SMARTS) is 1. The average Bonchev–Trinajstić information content (AvgIpc) is 3.14. The van der Waals surface area contributed by atoms with Crippen molar-refractivity contribution in [3.05, 3.63) is 71.3 Å². The summed E-state index contributed by atoms with van der Waals surface area (Å²) in [5.74, 6) is -0.900. The minimum absolute atomic E-state index is 0.00676. The zero-order valence-corrected chi connectivity index (χ0v) is 20.5. The molecular formula is C28H34N2O5. The van der Waals surface area contributed by atoms with E-state index in [9.17, 15) is 14.4 Å². The van der Waals surface area contributed by atoms with E-state index in [-0.39, 0.29) is 42.9 Å². The Morgan fingerprint density at radius 1 is 1.00 bits per heavy atom. The lowest BCUT2D eigenvalue weighted by Gasteiger charge is -2.20. The first-order valence-corrected chi connectivity index (χ1v) is 12.0. The number of hydrogen-bond donors (Lipinski definition) is 3. The molecule has 1 atom stereocenters. The highest BCUT2D eigenvalue weighted by molar-refractivity contribution is 5.86. The van der Waals surface area contributed by atoms with E-state index in [4.69, 9.17) is 9.84 Å². The Hall–Kier alpha value is -3.61. The van der Waals surface area contributed by atoms with E-state index in [1.165, 1.54) is 24.1 Å². The quantitative estimate of drug-likeness (QED) is 0.405. The lowest BCUT2D eigenvalue weighted by molar-refractivity contribution is -0.132. The Balaban J connectivity index is 1.51. The molecule has 0 saturated heterocycles. The van der Waals surface area contributed by atoms with E-state index < -0.39 is 12.1 Å². The molecule has 7 nitrogen and oxygen atoms in total. The summed E-state index contributed by atoms with van der Waals surface area (Å²) in [4.78, 5) is 35.7. The maximum atomic E-state index is 12.5. The van der Waals surface area contributed by atoms with Crippen molar-refractivity contribution in [2.45, 2.75) is 39.5 Å². The van der Waals surface area contributed by atoms with Gasteiger partial charge in [0, 0.05) is 31.0 Å². The number of fused-ring (bicyclic) bond motifs is 3. The summed E-state index contributed by atoms with van der Waals surface area (Å²) >= 11 is 0. The van der Waals surface area contributed by atoms with Crippen LogP contribution in [0.3, 0.4) is 0 Å². The first kappa shape index (κ1) is 26.0. The monoisotopic (exact) mass is 478 g/mol. The number of carbonyl (C=O) groups excluding carboxylic acids is 2. The number of amides is 2. The van der Waals surface area contributed by atoms with E-state index in [1.54, 1.807) is 0 Å². The summed E-state index contributed by atoms with van der Waals surface area (Å²) in [5, 5.41) is 14.4. The third kappa shape index (κ3) is 7.18. The van der Waals surface area contributed by atoms with Crippen LogP contribution in [-0.4, -0.2) is 42.8 Å². The molecule has 0 aromatic heterocycles. The molecule has 0 radical (unpaired) electrons. The van der Waals surface area contributed by atoms with Gasteiger partial charge in [-0.05, 0) is 47.4 Å². The van der Waals surface area contributed by atoms with Crippen molar-refractivity contribution in [3.63, 3.8) is 0 Å². The van der Waals surface area contributed by atoms with Crippen LogP contribution in [-0.2, 0) is 14.3 Å². The summed E-state index contributed by atoms with van der Waals surface area (Å²) < 4.78 is 5.60. The third-order valence-electron chi connectivity index (χ3n) is 6.20. The minimum atomic E-state index is -1.01. The lowest BCUT2D eigenvalue weighted by Crippen LogP contribution is -2.34. The zero-order valence-electron chi connectivity index (χ0n) is 20.5. The van der Waals surface area contributed by atoms with Crippen molar-refractivity contribution >= 4 is 18.0 Å². The summed E-state index contributed by atoms with van der Waals surface area (Å²) in [6.45, 7) is 6.34. The molecule has 0 aliphatic heterocycles. The molecule has 1 aliphatic carbocycles. The number of aliphatic carboxylic acids is 1. The van der Waals surface area contributed by atoms with Gasteiger partial charge >= 0.3 is 12.1 Å². The molecule has 3 N–H and O–H groups in total. The van der Waals surface area contributed by atoms with Gasteiger partial charge in [0.05, 0.1) is 0 Å². The van der Waals surface area contributed by atoms with Crippen molar-refractivity contribution in [1.82, 2.24) is 10.6 Å². The number of benzene rings is 2. The molecular weight excluding hydrogens is 444 g/mol. The van der Waals surface area contributed by atoms with Gasteiger partial charge < -0.3 is 20.5 Å². The third-order valence-corrected chi connectivity index (χ3v) is 6.20. The fourth-order valence-electron chi connectivity index (χ4n) is 4.52. The smallest absolute Gasteiger partial charge is 0.407 e. The number of ether oxygens (including phenoxy) is 1. The Labute approximate surface area is 206 Å². The van der Waals surface area contributed by atoms with Crippen molar-refractivity contribution in [2.24, 2.45) is 11.8 Å². The topological polar surface area (TPSA) is 105 Å². The highest BCUT2D eigenvalue weighted by Crippen LogP contribution is 2.44. The second kappa shape index (κ2) is 12.2. The van der Waals surface area contributed by atoms with E-state index in [2.05, 4.69) is 48.7 Å². The largest absolute Gasteiger partial charge is 0.478 e. The number of rotatable bonds is 11. The maximum absolute atomic E-state index is 12.5. The van der Waals surface area contributed by atoms with Gasteiger partial charge in [0.25, 0.3) is 0 Å². The fraction of sp³-hybridized carbons (Fsp3) is 0.393. The Kier molecular flexibility index (Phi) is 9.06. The first-order valence-electron chi connectivity index (χ1n) is 12.0. The van der Waals surface area contributed by atoms with E-state index in [1.807, 2.05) is 24.3 Å². The van der Waals surface area contributed by atoms with Crippen molar-refractivity contribution in [1.29, 1.82) is 0 Å². The predicted molar refractivity (Wildman–Crippen MR) is 135 cm³/mol. The van der Waals surface area contributed by atoms with Crippen LogP contribution in [0.25, 0.3) is 11.1 Å². The fourth-order valence-corrected chi connectivity index (χ4v) is 4.52. The Morgan fingerprint density at radius 3 is 2.17 bits per heavy atom. The summed E-state index contributed by atoms with van der Waals surface area (Å²) in [6, 6.07) is 16.4. The van der Waals surface area contributed by atoms with Gasteiger partial charge in [0.2, 0.25) is 5.91 Å². The molecule has 3 rings (SSSR count). The molecule has 186 valence electrons. The average molecular weight is 479 g/mol. The number of alkyl carbamates (subject to hydrolysis) is 1. The van der Waals surface area contributed by atoms with E-state index in [0.29, 0.717) is 12.5 Å². The van der Waals surface area contributed by atoms with Gasteiger partial charge in [0.15, 0.2) is 0 Å². The van der Waals surface area contributed by atoms with Gasteiger partial charge in [-0.1, -0.05) is 68.5 Å². The summed E-state index contributed by atoms with van der Waals surface area (Å²) in [5.41, 5.74) is 4.84. The molecule has 0 saturated carbocycles. The second-order valence-electron chi connectivity index (χ2n) is 9.40. The van der Waals surface area contributed by atoms with Crippen LogP contribution >= 0.6 is 0 Å². The van der Waals surface area contributed by atoms with Gasteiger partial charge in [-0.25, -0.2) is 9.59 Å². The number of hydrogen-bond acceptors (Lipinski definition) is 4. The molecule has 7 heteroatoms. The highest BCUT2D eigenvalue weighted by atomic mass is 16.5. The van der Waals surface area contributed by atoms with Gasteiger partial charge in [0.1, 0.15) is 6.61 Å². The van der Waals surface area contributed by atoms with Crippen LogP contribution in [0, 0.1) is 11.8 Å². The standard InChI is InChI=1S/C28H34N2O5/c1-18(2)14-20(15-26(31)29-13-12-19(3)27(32)33)16-30-28(34)35-17-25-23-10-6-4-8-21(23)22-9-5-7-11-24(22)25/h4-12,18,20,25H,13-17H2,1-3H3,(H,29,31)(H,30,34)(H,32,33)/b19-12-. The maximum Gasteiger partial charge on any atom is 0.407 e. The van der Waals surface area contributed by atoms with E-state index in [0.717, 1.165) is 17.5 Å². The first-order chi connectivity index (χ1) is 16.8. The molecule has 0 bridgehead atoms. The summed E-state index contributed by atoms with van der Waals surface area (Å²) in [6.07, 6.45) is 1.97. The van der Waals surface area contributed by atoms with Crippen molar-refractivity contribution < 1.29 is 24.2 Å². The van der Waals surface area contributed by atoms with Crippen LogP contribution in [0.5, 0.6) is 0 Å². The van der Waals surface area contributed by atoms with Crippen LogP contribution in [0.15, 0.2) is 60.2 Å². The lowest BCUT2D eigenvalue weighted by atomic mass is 9.93. The zero-order chi connectivity index (χ0) is 25.4. The number of carboxylic acids is 1.